The monoisotopic (exact) mass is 277 g/mol. The van der Waals surface area contributed by atoms with Gasteiger partial charge in [-0.3, -0.25) is 4.79 Å². The topological polar surface area (TPSA) is 66.4 Å². The van der Waals surface area contributed by atoms with Crippen molar-refractivity contribution in [1.29, 1.82) is 0 Å². The molecule has 0 bridgehead atoms. The van der Waals surface area contributed by atoms with Crippen LogP contribution in [0.15, 0.2) is 30.3 Å². The molecule has 0 aliphatic rings. The first-order valence-corrected chi connectivity index (χ1v) is 6.82. The summed E-state index contributed by atoms with van der Waals surface area (Å²) in [5.74, 6) is -1.38. The number of carboxylic acid groups (broad SMARTS) is 1. The first-order chi connectivity index (χ1) is 9.24. The molecular weight excluding hydrogens is 254 g/mol. The van der Waals surface area contributed by atoms with Crippen LogP contribution in [0.3, 0.4) is 0 Å². The van der Waals surface area contributed by atoms with E-state index in [1.807, 2.05) is 44.2 Å². The summed E-state index contributed by atoms with van der Waals surface area (Å²) >= 11 is 0. The van der Waals surface area contributed by atoms with Gasteiger partial charge in [0.2, 0.25) is 5.91 Å². The van der Waals surface area contributed by atoms with E-state index < -0.39 is 17.4 Å². The van der Waals surface area contributed by atoms with Crippen LogP contribution in [0.5, 0.6) is 0 Å². The number of nitrogens with one attached hydrogen (secondary N) is 1. The fourth-order valence-corrected chi connectivity index (χ4v) is 2.04. The van der Waals surface area contributed by atoms with Gasteiger partial charge in [0.1, 0.15) is 6.04 Å². The second-order valence-electron chi connectivity index (χ2n) is 6.08. The highest BCUT2D eigenvalue weighted by atomic mass is 16.4. The van der Waals surface area contributed by atoms with Crippen LogP contribution in [0.25, 0.3) is 0 Å². The molecule has 1 aromatic carbocycles. The summed E-state index contributed by atoms with van der Waals surface area (Å²) in [6, 6.07) is 8.86. The molecule has 1 amide bonds. The lowest BCUT2D eigenvalue weighted by atomic mass is 9.84. The lowest BCUT2D eigenvalue weighted by Gasteiger charge is -2.27. The average molecular weight is 277 g/mol. The Morgan fingerprint density at radius 2 is 1.75 bits per heavy atom. The van der Waals surface area contributed by atoms with Crippen LogP contribution in [-0.2, 0) is 16.0 Å². The molecule has 1 aromatic rings. The van der Waals surface area contributed by atoms with Crippen LogP contribution < -0.4 is 5.32 Å². The van der Waals surface area contributed by atoms with Gasteiger partial charge in [0.05, 0.1) is 0 Å². The van der Waals surface area contributed by atoms with Gasteiger partial charge in [0, 0.05) is 5.41 Å². The van der Waals surface area contributed by atoms with Gasteiger partial charge >= 0.3 is 5.97 Å². The summed E-state index contributed by atoms with van der Waals surface area (Å²) in [4.78, 5) is 23.5. The van der Waals surface area contributed by atoms with Gasteiger partial charge in [0.15, 0.2) is 0 Å². The number of carbonyl (C=O) groups is 2. The number of aliphatic carboxylic acids is 1. The summed E-state index contributed by atoms with van der Waals surface area (Å²) in [5, 5.41) is 11.8. The van der Waals surface area contributed by atoms with Crippen molar-refractivity contribution in [2.75, 3.05) is 0 Å². The normalized spacial score (nSPS) is 13.1. The van der Waals surface area contributed by atoms with E-state index in [1.165, 1.54) is 0 Å². The minimum absolute atomic E-state index is 0.149. The number of hydrogen-bond donors (Lipinski definition) is 2. The summed E-state index contributed by atoms with van der Waals surface area (Å²) in [5.41, 5.74) is 0.410. The fourth-order valence-electron chi connectivity index (χ4n) is 2.04. The van der Waals surface area contributed by atoms with Crippen molar-refractivity contribution >= 4 is 11.9 Å². The number of benzene rings is 1. The number of carboxylic acids is 1. The predicted octanol–water partition coefficient (Wildman–Crippen LogP) is 2.48. The third-order valence-corrected chi connectivity index (χ3v) is 3.32. The Morgan fingerprint density at radius 1 is 1.20 bits per heavy atom. The maximum atomic E-state index is 12.3. The standard InChI is InChI=1S/C16H23NO3/c1-11(2)13(14(18)19)17-15(20)16(3,4)10-12-8-6-5-7-9-12/h5-9,11,13H,10H2,1-4H3,(H,17,20)(H,18,19). The largest absolute Gasteiger partial charge is 0.480 e. The molecule has 0 aromatic heterocycles. The fraction of sp³-hybridized carbons (Fsp3) is 0.500. The van der Waals surface area contributed by atoms with Gasteiger partial charge in [-0.15, -0.1) is 0 Å². The molecule has 0 aliphatic carbocycles. The van der Waals surface area contributed by atoms with E-state index in [2.05, 4.69) is 5.32 Å². The molecule has 1 unspecified atom stereocenters. The molecule has 2 N–H and O–H groups in total. The molecule has 0 spiro atoms. The molecule has 4 heteroatoms. The molecule has 4 nitrogen and oxygen atoms in total. The third kappa shape index (κ3) is 4.37. The summed E-state index contributed by atoms with van der Waals surface area (Å²) < 4.78 is 0. The summed E-state index contributed by atoms with van der Waals surface area (Å²) in [6.07, 6.45) is 0.574. The van der Waals surface area contributed by atoms with Crippen LogP contribution in [-0.4, -0.2) is 23.0 Å². The van der Waals surface area contributed by atoms with E-state index in [0.29, 0.717) is 6.42 Å². The Morgan fingerprint density at radius 3 is 2.20 bits per heavy atom. The second-order valence-corrected chi connectivity index (χ2v) is 6.08. The Kier molecular flexibility index (Phi) is 5.31. The zero-order valence-corrected chi connectivity index (χ0v) is 12.5. The van der Waals surface area contributed by atoms with E-state index in [-0.39, 0.29) is 11.8 Å². The van der Waals surface area contributed by atoms with E-state index in [0.717, 1.165) is 5.56 Å². The molecule has 0 fully saturated rings. The second kappa shape index (κ2) is 6.55. The predicted molar refractivity (Wildman–Crippen MR) is 78.3 cm³/mol. The van der Waals surface area contributed by atoms with Crippen molar-refractivity contribution in [3.05, 3.63) is 35.9 Å². The number of amides is 1. The Balaban J connectivity index is 2.76. The van der Waals surface area contributed by atoms with Gasteiger partial charge in [-0.05, 0) is 17.9 Å². The van der Waals surface area contributed by atoms with Crippen LogP contribution in [0, 0.1) is 11.3 Å². The molecule has 0 radical (unpaired) electrons. The van der Waals surface area contributed by atoms with Crippen molar-refractivity contribution in [1.82, 2.24) is 5.32 Å². The van der Waals surface area contributed by atoms with Crippen LogP contribution in [0.2, 0.25) is 0 Å². The minimum atomic E-state index is -0.996. The highest BCUT2D eigenvalue weighted by Gasteiger charge is 2.32. The molecule has 1 atom stereocenters. The van der Waals surface area contributed by atoms with Gasteiger partial charge in [-0.2, -0.15) is 0 Å². The number of rotatable bonds is 6. The SMILES string of the molecule is CC(C)C(NC(=O)C(C)(C)Cc1ccccc1)C(=O)O. The first kappa shape index (κ1) is 16.2. The van der Waals surface area contributed by atoms with Crippen LogP contribution >= 0.6 is 0 Å². The highest BCUT2D eigenvalue weighted by Crippen LogP contribution is 2.22. The third-order valence-electron chi connectivity index (χ3n) is 3.32. The van der Waals surface area contributed by atoms with E-state index in [4.69, 9.17) is 5.11 Å². The molecule has 0 saturated heterocycles. The maximum Gasteiger partial charge on any atom is 0.326 e. The molecule has 0 heterocycles. The lowest BCUT2D eigenvalue weighted by molar-refractivity contribution is -0.144. The molecule has 0 aliphatic heterocycles. The summed E-state index contributed by atoms with van der Waals surface area (Å²) in [7, 11) is 0. The molecule has 110 valence electrons. The minimum Gasteiger partial charge on any atom is -0.480 e. The Labute approximate surface area is 120 Å². The van der Waals surface area contributed by atoms with Gasteiger partial charge in [0.25, 0.3) is 0 Å². The molecule has 1 rings (SSSR count). The van der Waals surface area contributed by atoms with Crippen molar-refractivity contribution in [3.63, 3.8) is 0 Å². The zero-order chi connectivity index (χ0) is 15.3. The van der Waals surface area contributed by atoms with Gasteiger partial charge in [-0.25, -0.2) is 4.79 Å². The molecule has 20 heavy (non-hydrogen) atoms. The van der Waals surface area contributed by atoms with E-state index in [1.54, 1.807) is 13.8 Å². The van der Waals surface area contributed by atoms with Crippen LogP contribution in [0.1, 0.15) is 33.3 Å². The van der Waals surface area contributed by atoms with Crippen molar-refractivity contribution in [2.45, 2.75) is 40.2 Å². The molecule has 0 saturated carbocycles. The number of carbonyl (C=O) groups excluding carboxylic acids is 1. The first-order valence-electron chi connectivity index (χ1n) is 6.82. The van der Waals surface area contributed by atoms with Gasteiger partial charge in [-0.1, -0.05) is 58.0 Å². The van der Waals surface area contributed by atoms with Crippen molar-refractivity contribution in [2.24, 2.45) is 11.3 Å². The zero-order valence-electron chi connectivity index (χ0n) is 12.5. The number of hydrogen-bond acceptors (Lipinski definition) is 2. The maximum absolute atomic E-state index is 12.3. The smallest absolute Gasteiger partial charge is 0.326 e. The summed E-state index contributed by atoms with van der Waals surface area (Å²) in [6.45, 7) is 7.22. The Bertz CT molecular complexity index is 466. The van der Waals surface area contributed by atoms with E-state index >= 15 is 0 Å². The lowest BCUT2D eigenvalue weighted by Crippen LogP contribution is -2.49. The van der Waals surface area contributed by atoms with Crippen molar-refractivity contribution < 1.29 is 14.7 Å². The molecular formula is C16H23NO3. The highest BCUT2D eigenvalue weighted by molar-refractivity contribution is 5.87. The van der Waals surface area contributed by atoms with Gasteiger partial charge < -0.3 is 10.4 Å². The van der Waals surface area contributed by atoms with E-state index in [9.17, 15) is 9.59 Å². The Hall–Kier alpha value is -1.84. The van der Waals surface area contributed by atoms with Crippen molar-refractivity contribution in [3.8, 4) is 0 Å². The van der Waals surface area contributed by atoms with Crippen LogP contribution in [0.4, 0.5) is 0 Å². The quantitative estimate of drug-likeness (QED) is 0.839. The average Bonchev–Trinajstić information content (AvgIpc) is 2.35.